The fourth-order valence-corrected chi connectivity index (χ4v) is 2.57. The van der Waals surface area contributed by atoms with E-state index >= 15 is 0 Å². The molecule has 5 nitrogen and oxygen atoms in total. The van der Waals surface area contributed by atoms with Crippen LogP contribution in [0.1, 0.15) is 10.4 Å². The molecule has 1 atom stereocenters. The highest BCUT2D eigenvalue weighted by atomic mass is 35.6. The largest absolute Gasteiger partial charge is 0.497 e. The third kappa shape index (κ3) is 6.70. The summed E-state index contributed by atoms with van der Waals surface area (Å²) in [7, 11) is 1.49. The minimum atomic E-state index is -1.90. The summed E-state index contributed by atoms with van der Waals surface area (Å²) in [6.07, 6.45) is -1.14. The van der Waals surface area contributed by atoms with Gasteiger partial charge in [0.25, 0.3) is 5.91 Å². The van der Waals surface area contributed by atoms with Crippen molar-refractivity contribution in [2.45, 2.75) is 9.96 Å². The van der Waals surface area contributed by atoms with E-state index in [0.717, 1.165) is 0 Å². The quantitative estimate of drug-likeness (QED) is 0.361. The second-order valence-electron chi connectivity index (χ2n) is 5.29. The van der Waals surface area contributed by atoms with Gasteiger partial charge in [0.1, 0.15) is 17.7 Å². The molecule has 0 radical (unpaired) electrons. The van der Waals surface area contributed by atoms with Crippen molar-refractivity contribution in [2.75, 3.05) is 12.4 Å². The van der Waals surface area contributed by atoms with Gasteiger partial charge in [-0.05, 0) is 54.7 Å². The van der Waals surface area contributed by atoms with Crippen LogP contribution in [0.25, 0.3) is 0 Å². The van der Waals surface area contributed by atoms with E-state index in [1.807, 2.05) is 0 Å². The molecule has 3 N–H and O–H groups in total. The molecule has 10 heteroatoms. The van der Waals surface area contributed by atoms with Gasteiger partial charge in [-0.3, -0.25) is 4.79 Å². The first-order valence-corrected chi connectivity index (χ1v) is 9.08. The van der Waals surface area contributed by atoms with E-state index in [0.29, 0.717) is 17.0 Å². The molecule has 0 aliphatic rings. The Bertz CT molecular complexity index is 816. The first-order chi connectivity index (χ1) is 12.7. The number of thiocarbonyl (C=S) groups is 1. The van der Waals surface area contributed by atoms with E-state index in [9.17, 15) is 9.18 Å². The summed E-state index contributed by atoms with van der Waals surface area (Å²) in [6, 6.07) is 12.0. The molecule has 0 aliphatic heterocycles. The molecule has 0 saturated heterocycles. The van der Waals surface area contributed by atoms with Crippen LogP contribution in [0.3, 0.4) is 0 Å². The number of anilines is 1. The molecule has 0 aromatic heterocycles. The lowest BCUT2D eigenvalue weighted by atomic mass is 10.2. The van der Waals surface area contributed by atoms with Crippen molar-refractivity contribution >= 4 is 63.7 Å². The van der Waals surface area contributed by atoms with Gasteiger partial charge in [0.2, 0.25) is 3.79 Å². The van der Waals surface area contributed by atoms with Gasteiger partial charge < -0.3 is 20.7 Å². The Balaban J connectivity index is 2.07. The summed E-state index contributed by atoms with van der Waals surface area (Å²) in [5.41, 5.74) is 0.837. The Morgan fingerprint density at radius 1 is 1.15 bits per heavy atom. The molecule has 0 heterocycles. The Labute approximate surface area is 176 Å². The van der Waals surface area contributed by atoms with Crippen LogP contribution in [-0.2, 0) is 0 Å². The standard InChI is InChI=1S/C17H15Cl3FN3O2S/c1-26-13-4-2-3-10(9-13)14(25)23-15(17(18,19)20)24-16(27)22-12-7-5-11(21)6-8-12/h2-9,15H,1H3,(H,23,25)(H2,22,24,27). The number of amides is 1. The number of hydrogen-bond acceptors (Lipinski definition) is 3. The van der Waals surface area contributed by atoms with Crippen LogP contribution >= 0.6 is 47.0 Å². The molecular weight excluding hydrogens is 436 g/mol. The second-order valence-corrected chi connectivity index (χ2v) is 8.06. The number of methoxy groups -OCH3 is 1. The Hall–Kier alpha value is -1.80. The Kier molecular flexibility index (Phi) is 7.49. The molecule has 0 saturated carbocycles. The van der Waals surface area contributed by atoms with Gasteiger partial charge in [-0.15, -0.1) is 0 Å². The van der Waals surface area contributed by atoms with E-state index in [1.165, 1.54) is 31.4 Å². The first kappa shape index (κ1) is 21.5. The van der Waals surface area contributed by atoms with Gasteiger partial charge in [0, 0.05) is 11.3 Å². The van der Waals surface area contributed by atoms with E-state index < -0.39 is 15.9 Å². The van der Waals surface area contributed by atoms with Crippen molar-refractivity contribution < 1.29 is 13.9 Å². The molecule has 1 unspecified atom stereocenters. The van der Waals surface area contributed by atoms with Crippen molar-refractivity contribution in [3.63, 3.8) is 0 Å². The Morgan fingerprint density at radius 3 is 2.41 bits per heavy atom. The number of carbonyl (C=O) groups excluding carboxylic acids is 1. The van der Waals surface area contributed by atoms with Gasteiger partial charge in [-0.1, -0.05) is 40.9 Å². The van der Waals surface area contributed by atoms with Crippen molar-refractivity contribution in [1.29, 1.82) is 0 Å². The second kappa shape index (κ2) is 9.41. The average molecular weight is 451 g/mol. The van der Waals surface area contributed by atoms with Crippen molar-refractivity contribution in [3.05, 3.63) is 59.9 Å². The van der Waals surface area contributed by atoms with Crippen molar-refractivity contribution in [2.24, 2.45) is 0 Å². The molecule has 144 valence electrons. The van der Waals surface area contributed by atoms with Gasteiger partial charge in [0.15, 0.2) is 5.11 Å². The van der Waals surface area contributed by atoms with Crippen LogP contribution in [0.2, 0.25) is 0 Å². The third-order valence-corrected chi connectivity index (χ3v) is 4.19. The van der Waals surface area contributed by atoms with Crippen LogP contribution in [-0.4, -0.2) is 28.1 Å². The fraction of sp³-hybridized carbons (Fsp3) is 0.176. The summed E-state index contributed by atoms with van der Waals surface area (Å²) in [5, 5.41) is 8.16. The number of alkyl halides is 3. The summed E-state index contributed by atoms with van der Waals surface area (Å²) in [5.74, 6) is -0.374. The minimum absolute atomic E-state index is 0.0730. The number of rotatable bonds is 5. The fourth-order valence-electron chi connectivity index (χ4n) is 2.01. The van der Waals surface area contributed by atoms with Gasteiger partial charge in [0.05, 0.1) is 7.11 Å². The lowest BCUT2D eigenvalue weighted by Gasteiger charge is -2.27. The zero-order valence-electron chi connectivity index (χ0n) is 13.9. The van der Waals surface area contributed by atoms with Gasteiger partial charge in [-0.2, -0.15) is 0 Å². The van der Waals surface area contributed by atoms with Crippen LogP contribution in [0.5, 0.6) is 5.75 Å². The van der Waals surface area contributed by atoms with E-state index in [-0.39, 0.29) is 10.9 Å². The van der Waals surface area contributed by atoms with Crippen molar-refractivity contribution in [3.8, 4) is 5.75 Å². The number of carbonyl (C=O) groups is 1. The number of halogens is 4. The van der Waals surface area contributed by atoms with E-state index in [2.05, 4.69) is 16.0 Å². The number of benzene rings is 2. The zero-order chi connectivity index (χ0) is 20.0. The monoisotopic (exact) mass is 449 g/mol. The highest BCUT2D eigenvalue weighted by molar-refractivity contribution is 7.80. The summed E-state index contributed by atoms with van der Waals surface area (Å²) >= 11 is 23.0. The van der Waals surface area contributed by atoms with E-state index in [4.69, 9.17) is 51.8 Å². The predicted molar refractivity (Wildman–Crippen MR) is 110 cm³/mol. The molecule has 2 aromatic rings. The SMILES string of the molecule is COc1cccc(C(=O)NC(NC(=S)Nc2ccc(F)cc2)C(Cl)(Cl)Cl)c1. The van der Waals surface area contributed by atoms with Crippen molar-refractivity contribution in [1.82, 2.24) is 10.6 Å². The summed E-state index contributed by atoms with van der Waals surface area (Å²) < 4.78 is 16.1. The molecule has 0 bridgehead atoms. The topological polar surface area (TPSA) is 62.4 Å². The lowest BCUT2D eigenvalue weighted by molar-refractivity contribution is 0.0934. The third-order valence-electron chi connectivity index (χ3n) is 3.31. The molecular formula is C17H15Cl3FN3O2S. The van der Waals surface area contributed by atoms with Gasteiger partial charge >= 0.3 is 0 Å². The number of hydrogen-bond donors (Lipinski definition) is 3. The maximum Gasteiger partial charge on any atom is 0.253 e. The van der Waals surface area contributed by atoms with Gasteiger partial charge in [-0.25, -0.2) is 4.39 Å². The highest BCUT2D eigenvalue weighted by Crippen LogP contribution is 2.29. The predicted octanol–water partition coefficient (Wildman–Crippen LogP) is 4.25. The molecule has 0 fully saturated rings. The molecule has 0 aliphatic carbocycles. The molecule has 2 rings (SSSR count). The van der Waals surface area contributed by atoms with Crippen LogP contribution in [0.4, 0.5) is 10.1 Å². The zero-order valence-corrected chi connectivity index (χ0v) is 17.0. The number of ether oxygens (including phenoxy) is 1. The summed E-state index contributed by atoms with van der Waals surface area (Å²) in [4.78, 5) is 12.5. The molecule has 27 heavy (non-hydrogen) atoms. The maximum absolute atomic E-state index is 13.0. The number of nitrogens with one attached hydrogen (secondary N) is 3. The van der Waals surface area contributed by atoms with Crippen LogP contribution in [0, 0.1) is 5.82 Å². The minimum Gasteiger partial charge on any atom is -0.497 e. The molecule has 0 spiro atoms. The van der Waals surface area contributed by atoms with Crippen LogP contribution in [0.15, 0.2) is 48.5 Å². The summed E-state index contributed by atoms with van der Waals surface area (Å²) in [6.45, 7) is 0. The Morgan fingerprint density at radius 2 is 1.81 bits per heavy atom. The molecule has 2 aromatic carbocycles. The highest BCUT2D eigenvalue weighted by Gasteiger charge is 2.35. The first-order valence-electron chi connectivity index (χ1n) is 7.54. The maximum atomic E-state index is 13.0. The average Bonchev–Trinajstić information content (AvgIpc) is 2.62. The lowest BCUT2D eigenvalue weighted by Crippen LogP contribution is -2.56. The van der Waals surface area contributed by atoms with Crippen LogP contribution < -0.4 is 20.7 Å². The smallest absolute Gasteiger partial charge is 0.253 e. The molecule has 1 amide bonds. The normalized spacial score (nSPS) is 12.0. The van der Waals surface area contributed by atoms with E-state index in [1.54, 1.807) is 24.3 Å².